The molecule has 0 saturated carbocycles. The number of anilines is 1. The Hall–Kier alpha value is -2.61. The van der Waals surface area contributed by atoms with Crippen LogP contribution in [0.4, 0.5) is 10.1 Å². The van der Waals surface area contributed by atoms with Gasteiger partial charge in [0, 0.05) is 16.6 Å². The Morgan fingerprint density at radius 2 is 1.84 bits per heavy atom. The van der Waals surface area contributed by atoms with E-state index in [0.717, 1.165) is 6.07 Å². The van der Waals surface area contributed by atoms with Crippen LogP contribution in [0.15, 0.2) is 40.9 Å². The zero-order valence-electron chi connectivity index (χ0n) is 12.9. The molecule has 0 aromatic heterocycles. The molecule has 2 aromatic rings. The van der Waals surface area contributed by atoms with Crippen LogP contribution in [0.3, 0.4) is 0 Å². The number of hydrogen-bond acceptors (Lipinski definition) is 5. The number of carbonyl (C=O) groups excluding carboxylic acids is 2. The number of ether oxygens (including phenoxy) is 3. The van der Waals surface area contributed by atoms with E-state index in [1.165, 1.54) is 18.2 Å². The molecule has 0 saturated heterocycles. The molecule has 0 spiro atoms. The average molecular weight is 410 g/mol. The zero-order valence-corrected chi connectivity index (χ0v) is 14.5. The number of esters is 1. The fourth-order valence-corrected chi connectivity index (χ4v) is 2.60. The molecular formula is C17H13BrFNO5. The summed E-state index contributed by atoms with van der Waals surface area (Å²) < 4.78 is 29.8. The van der Waals surface area contributed by atoms with Gasteiger partial charge in [-0.05, 0) is 28.1 Å². The van der Waals surface area contributed by atoms with Crippen LogP contribution in [0.25, 0.3) is 0 Å². The van der Waals surface area contributed by atoms with Crippen molar-refractivity contribution in [3.8, 4) is 11.5 Å². The van der Waals surface area contributed by atoms with Gasteiger partial charge >= 0.3 is 5.97 Å². The van der Waals surface area contributed by atoms with Crippen LogP contribution < -0.4 is 14.8 Å². The Labute approximate surface area is 151 Å². The lowest BCUT2D eigenvalue weighted by atomic mass is 10.2. The van der Waals surface area contributed by atoms with E-state index in [4.69, 9.17) is 14.2 Å². The molecule has 1 aliphatic rings. The van der Waals surface area contributed by atoms with E-state index < -0.39 is 24.3 Å². The predicted octanol–water partition coefficient (Wildman–Crippen LogP) is 3.15. The van der Waals surface area contributed by atoms with Crippen molar-refractivity contribution in [1.29, 1.82) is 0 Å². The van der Waals surface area contributed by atoms with Crippen LogP contribution in [0.5, 0.6) is 11.5 Å². The van der Waals surface area contributed by atoms with E-state index >= 15 is 0 Å². The first-order valence-corrected chi connectivity index (χ1v) is 8.14. The second kappa shape index (κ2) is 7.52. The SMILES string of the molecule is O=C(COC(=O)c1ccccc1F)Nc1cc2c(cc1Br)OCCO2. The Balaban J connectivity index is 1.61. The molecule has 0 atom stereocenters. The van der Waals surface area contributed by atoms with Crippen LogP contribution in [-0.4, -0.2) is 31.7 Å². The second-order valence-corrected chi connectivity index (χ2v) is 5.93. The predicted molar refractivity (Wildman–Crippen MR) is 90.4 cm³/mol. The molecule has 130 valence electrons. The molecule has 6 nitrogen and oxygen atoms in total. The minimum absolute atomic E-state index is 0.226. The van der Waals surface area contributed by atoms with Gasteiger partial charge in [-0.2, -0.15) is 0 Å². The minimum atomic E-state index is -0.908. The van der Waals surface area contributed by atoms with E-state index in [1.807, 2.05) is 0 Å². The highest BCUT2D eigenvalue weighted by molar-refractivity contribution is 9.10. The van der Waals surface area contributed by atoms with Gasteiger partial charge < -0.3 is 19.5 Å². The summed E-state index contributed by atoms with van der Waals surface area (Å²) in [6.07, 6.45) is 0. The van der Waals surface area contributed by atoms with Crippen molar-refractivity contribution >= 4 is 33.5 Å². The fourth-order valence-electron chi connectivity index (χ4n) is 2.18. The van der Waals surface area contributed by atoms with Crippen LogP contribution in [-0.2, 0) is 9.53 Å². The number of nitrogens with one attached hydrogen (secondary N) is 1. The second-order valence-electron chi connectivity index (χ2n) is 5.08. The van der Waals surface area contributed by atoms with Gasteiger partial charge in [-0.3, -0.25) is 4.79 Å². The molecule has 3 rings (SSSR count). The number of rotatable bonds is 4. The van der Waals surface area contributed by atoms with Gasteiger partial charge in [0.1, 0.15) is 19.0 Å². The largest absolute Gasteiger partial charge is 0.486 e. The molecule has 1 amide bonds. The third kappa shape index (κ3) is 4.08. The van der Waals surface area contributed by atoms with Crippen LogP contribution in [0, 0.1) is 5.82 Å². The summed E-state index contributed by atoms with van der Waals surface area (Å²) in [5, 5.41) is 2.59. The summed E-state index contributed by atoms with van der Waals surface area (Å²) in [4.78, 5) is 23.8. The van der Waals surface area contributed by atoms with Crippen molar-refractivity contribution in [3.63, 3.8) is 0 Å². The highest BCUT2D eigenvalue weighted by Crippen LogP contribution is 2.38. The van der Waals surface area contributed by atoms with E-state index in [-0.39, 0.29) is 5.56 Å². The van der Waals surface area contributed by atoms with Crippen molar-refractivity contribution in [3.05, 3.63) is 52.3 Å². The maximum Gasteiger partial charge on any atom is 0.341 e. The average Bonchev–Trinajstić information content (AvgIpc) is 2.61. The first-order chi connectivity index (χ1) is 12.0. The summed E-state index contributed by atoms with van der Waals surface area (Å²) in [6.45, 7) is 0.327. The van der Waals surface area contributed by atoms with Gasteiger partial charge in [0.2, 0.25) is 0 Å². The summed E-state index contributed by atoms with van der Waals surface area (Å²) in [5.41, 5.74) is 0.215. The summed E-state index contributed by atoms with van der Waals surface area (Å²) in [7, 11) is 0. The van der Waals surface area contributed by atoms with E-state index in [0.29, 0.717) is 34.9 Å². The smallest absolute Gasteiger partial charge is 0.341 e. The Morgan fingerprint density at radius 3 is 2.56 bits per heavy atom. The fraction of sp³-hybridized carbons (Fsp3) is 0.176. The minimum Gasteiger partial charge on any atom is -0.486 e. The quantitative estimate of drug-likeness (QED) is 0.785. The molecule has 0 unspecified atom stereocenters. The van der Waals surface area contributed by atoms with Crippen LogP contribution in [0.2, 0.25) is 0 Å². The molecule has 0 aliphatic carbocycles. The van der Waals surface area contributed by atoms with Crippen molar-refractivity contribution in [2.24, 2.45) is 0 Å². The van der Waals surface area contributed by atoms with Gasteiger partial charge in [0.05, 0.1) is 11.3 Å². The lowest BCUT2D eigenvalue weighted by molar-refractivity contribution is -0.119. The van der Waals surface area contributed by atoms with Crippen molar-refractivity contribution in [2.45, 2.75) is 0 Å². The summed E-state index contributed by atoms with van der Waals surface area (Å²) in [6, 6.07) is 8.67. The van der Waals surface area contributed by atoms with Crippen molar-refractivity contribution in [1.82, 2.24) is 0 Å². The molecular weight excluding hydrogens is 397 g/mol. The van der Waals surface area contributed by atoms with Crippen LogP contribution in [0.1, 0.15) is 10.4 Å². The van der Waals surface area contributed by atoms with Crippen LogP contribution >= 0.6 is 15.9 Å². The number of halogens is 2. The number of carbonyl (C=O) groups is 2. The molecule has 25 heavy (non-hydrogen) atoms. The molecule has 8 heteroatoms. The number of benzene rings is 2. The lowest BCUT2D eigenvalue weighted by Crippen LogP contribution is -2.22. The molecule has 0 fully saturated rings. The van der Waals surface area contributed by atoms with E-state index in [9.17, 15) is 14.0 Å². The summed E-state index contributed by atoms with van der Waals surface area (Å²) >= 11 is 3.32. The molecule has 2 aromatic carbocycles. The summed E-state index contributed by atoms with van der Waals surface area (Å²) in [5.74, 6) is -1.10. The topological polar surface area (TPSA) is 73.9 Å². The first kappa shape index (κ1) is 17.2. The Kier molecular flexibility index (Phi) is 5.18. The standard InChI is InChI=1S/C17H13BrFNO5/c18-11-7-14-15(24-6-5-23-14)8-13(11)20-16(21)9-25-17(22)10-3-1-2-4-12(10)19/h1-4,7-8H,5-6,9H2,(H,20,21). The van der Waals surface area contributed by atoms with Gasteiger partial charge in [-0.1, -0.05) is 12.1 Å². The normalized spacial score (nSPS) is 12.4. The van der Waals surface area contributed by atoms with Gasteiger partial charge in [-0.25, -0.2) is 9.18 Å². The third-order valence-electron chi connectivity index (χ3n) is 3.33. The maximum absolute atomic E-state index is 13.5. The van der Waals surface area contributed by atoms with Crippen molar-refractivity contribution < 1.29 is 28.2 Å². The van der Waals surface area contributed by atoms with E-state index in [2.05, 4.69) is 21.2 Å². The Bertz CT molecular complexity index is 827. The molecule has 1 aliphatic heterocycles. The highest BCUT2D eigenvalue weighted by atomic mass is 79.9. The van der Waals surface area contributed by atoms with E-state index in [1.54, 1.807) is 12.1 Å². The number of fused-ring (bicyclic) bond motifs is 1. The van der Waals surface area contributed by atoms with Gasteiger partial charge in [-0.15, -0.1) is 0 Å². The first-order valence-electron chi connectivity index (χ1n) is 7.35. The number of hydrogen-bond donors (Lipinski definition) is 1. The molecule has 1 N–H and O–H groups in total. The monoisotopic (exact) mass is 409 g/mol. The lowest BCUT2D eigenvalue weighted by Gasteiger charge is -2.20. The Morgan fingerprint density at radius 1 is 1.16 bits per heavy atom. The highest BCUT2D eigenvalue weighted by Gasteiger charge is 2.18. The molecule has 0 radical (unpaired) electrons. The number of amides is 1. The van der Waals surface area contributed by atoms with Crippen molar-refractivity contribution in [2.75, 3.05) is 25.1 Å². The third-order valence-corrected chi connectivity index (χ3v) is 3.99. The van der Waals surface area contributed by atoms with Gasteiger partial charge in [0.15, 0.2) is 18.1 Å². The maximum atomic E-state index is 13.5. The molecule has 1 heterocycles. The van der Waals surface area contributed by atoms with Gasteiger partial charge in [0.25, 0.3) is 5.91 Å². The molecule has 0 bridgehead atoms. The zero-order chi connectivity index (χ0) is 17.8.